The van der Waals surface area contributed by atoms with E-state index in [9.17, 15) is 9.18 Å². The largest absolute Gasteiger partial charge is 0.465 e. The Morgan fingerprint density at radius 3 is 2.69 bits per heavy atom. The van der Waals surface area contributed by atoms with E-state index in [2.05, 4.69) is 17.1 Å². The zero-order chi connectivity index (χ0) is 18.3. The topological polar surface area (TPSA) is 41.6 Å². The van der Waals surface area contributed by atoms with E-state index < -0.39 is 5.97 Å². The van der Waals surface area contributed by atoms with Crippen molar-refractivity contribution in [2.75, 3.05) is 13.7 Å². The van der Waals surface area contributed by atoms with E-state index >= 15 is 0 Å². The molecule has 26 heavy (non-hydrogen) atoms. The molecule has 1 aromatic rings. The Balaban J connectivity index is 1.54. The predicted molar refractivity (Wildman–Crippen MR) is 98.6 cm³/mol. The average molecular weight is 360 g/mol. The van der Waals surface area contributed by atoms with Crippen molar-refractivity contribution in [1.29, 1.82) is 0 Å². The molecule has 3 heterocycles. The van der Waals surface area contributed by atoms with Crippen LogP contribution in [0.25, 0.3) is 0 Å². The molecule has 0 aliphatic carbocycles. The van der Waals surface area contributed by atoms with Gasteiger partial charge in [0.25, 0.3) is 0 Å². The van der Waals surface area contributed by atoms with Gasteiger partial charge >= 0.3 is 5.97 Å². The van der Waals surface area contributed by atoms with Crippen LogP contribution in [0.2, 0.25) is 0 Å². The number of ether oxygens (including phenoxy) is 1. The first kappa shape index (κ1) is 17.9. The Kier molecular flexibility index (Phi) is 5.02. The number of carbonyl (C=O) groups excluding carboxylic acids is 1. The minimum absolute atomic E-state index is 0.263. The highest BCUT2D eigenvalue weighted by molar-refractivity contribution is 5.89. The number of hydrogen-bond acceptors (Lipinski definition) is 4. The molecule has 2 fully saturated rings. The van der Waals surface area contributed by atoms with Gasteiger partial charge in [0, 0.05) is 31.2 Å². The molecule has 0 saturated carbocycles. The lowest BCUT2D eigenvalue weighted by Gasteiger charge is -2.40. The predicted octanol–water partition coefficient (Wildman–Crippen LogP) is 3.28. The van der Waals surface area contributed by atoms with Crippen molar-refractivity contribution in [3.8, 4) is 0 Å². The first-order chi connectivity index (χ1) is 12.6. The number of carbonyl (C=O) groups is 1. The summed E-state index contributed by atoms with van der Waals surface area (Å²) in [6.45, 7) is 4.00. The molecule has 5 heteroatoms. The van der Waals surface area contributed by atoms with Crippen molar-refractivity contribution in [1.82, 2.24) is 10.2 Å². The highest BCUT2D eigenvalue weighted by Gasteiger charge is 2.36. The monoisotopic (exact) mass is 360 g/mol. The average Bonchev–Trinajstić information content (AvgIpc) is 2.98. The highest BCUT2D eigenvalue weighted by Crippen LogP contribution is 2.34. The normalized spacial score (nSPS) is 30.9. The molecular formula is C21H29FN2O2. The summed E-state index contributed by atoms with van der Waals surface area (Å²) in [4.78, 5) is 14.4. The van der Waals surface area contributed by atoms with Crippen molar-refractivity contribution in [3.05, 3.63) is 34.6 Å². The van der Waals surface area contributed by atoms with Gasteiger partial charge in [-0.05, 0) is 67.7 Å². The van der Waals surface area contributed by atoms with Crippen LogP contribution in [-0.2, 0) is 17.7 Å². The number of piperidine rings is 1. The van der Waals surface area contributed by atoms with Gasteiger partial charge in [0.2, 0.25) is 0 Å². The first-order valence-corrected chi connectivity index (χ1v) is 9.97. The molecule has 3 atom stereocenters. The van der Waals surface area contributed by atoms with E-state index in [1.807, 2.05) is 6.07 Å². The van der Waals surface area contributed by atoms with Gasteiger partial charge in [0.1, 0.15) is 5.82 Å². The number of fused-ring (bicyclic) bond motifs is 3. The number of halogens is 1. The molecular weight excluding hydrogens is 331 g/mol. The minimum atomic E-state index is -0.467. The number of benzene rings is 1. The van der Waals surface area contributed by atoms with Crippen molar-refractivity contribution in [3.63, 3.8) is 0 Å². The zero-order valence-corrected chi connectivity index (χ0v) is 15.8. The van der Waals surface area contributed by atoms with E-state index in [0.717, 1.165) is 43.0 Å². The summed E-state index contributed by atoms with van der Waals surface area (Å²) in [5.74, 6) is -0.00954. The molecule has 4 rings (SSSR count). The summed E-state index contributed by atoms with van der Waals surface area (Å²) in [6, 6.07) is 4.93. The smallest absolute Gasteiger partial charge is 0.337 e. The van der Waals surface area contributed by atoms with Crippen LogP contribution in [0.3, 0.4) is 0 Å². The molecule has 2 unspecified atom stereocenters. The molecule has 2 saturated heterocycles. The fraction of sp³-hybridized carbons (Fsp3) is 0.667. The number of methoxy groups -OCH3 is 1. The highest BCUT2D eigenvalue weighted by atomic mass is 19.1. The van der Waals surface area contributed by atoms with E-state index in [4.69, 9.17) is 4.74 Å². The lowest BCUT2D eigenvalue weighted by atomic mass is 9.87. The molecule has 0 radical (unpaired) electrons. The Labute approximate surface area is 155 Å². The summed E-state index contributed by atoms with van der Waals surface area (Å²) in [5.41, 5.74) is 2.05. The zero-order valence-electron chi connectivity index (χ0n) is 15.8. The van der Waals surface area contributed by atoms with Gasteiger partial charge < -0.3 is 10.1 Å². The van der Waals surface area contributed by atoms with Gasteiger partial charge in [0.05, 0.1) is 12.7 Å². The molecule has 0 amide bonds. The maximum absolute atomic E-state index is 14.6. The fourth-order valence-corrected chi connectivity index (χ4v) is 5.28. The van der Waals surface area contributed by atoms with Gasteiger partial charge in [-0.25, -0.2) is 9.18 Å². The maximum Gasteiger partial charge on any atom is 0.337 e. The van der Waals surface area contributed by atoms with Crippen LogP contribution in [0.15, 0.2) is 12.1 Å². The number of esters is 1. The van der Waals surface area contributed by atoms with Crippen LogP contribution < -0.4 is 5.32 Å². The van der Waals surface area contributed by atoms with Crippen LogP contribution in [0, 0.1) is 11.7 Å². The SMILES string of the molecule is CC[C@H]1Cc2c(F)cc(C(=O)OC)cc2CN1CC1CC2CCC(C1)N2. The van der Waals surface area contributed by atoms with Gasteiger partial charge in [-0.3, -0.25) is 4.90 Å². The summed E-state index contributed by atoms with van der Waals surface area (Å²) in [7, 11) is 1.34. The molecule has 3 aliphatic rings. The second-order valence-electron chi connectivity index (χ2n) is 8.26. The molecule has 2 bridgehead atoms. The minimum Gasteiger partial charge on any atom is -0.465 e. The van der Waals surface area contributed by atoms with Gasteiger partial charge in [-0.1, -0.05) is 6.92 Å². The molecule has 4 nitrogen and oxygen atoms in total. The molecule has 142 valence electrons. The van der Waals surface area contributed by atoms with Crippen molar-refractivity contribution in [2.24, 2.45) is 5.92 Å². The molecule has 0 aromatic heterocycles. The van der Waals surface area contributed by atoms with E-state index in [1.54, 1.807) is 0 Å². The van der Waals surface area contributed by atoms with E-state index in [1.165, 1.54) is 38.9 Å². The van der Waals surface area contributed by atoms with Crippen molar-refractivity contribution in [2.45, 2.75) is 70.1 Å². The Morgan fingerprint density at radius 2 is 2.04 bits per heavy atom. The molecule has 1 N–H and O–H groups in total. The third-order valence-corrected chi connectivity index (χ3v) is 6.57. The number of hydrogen-bond donors (Lipinski definition) is 1. The summed E-state index contributed by atoms with van der Waals surface area (Å²) in [6.07, 6.45) is 6.90. The van der Waals surface area contributed by atoms with Crippen LogP contribution in [-0.4, -0.2) is 42.6 Å². The molecule has 3 aliphatic heterocycles. The number of rotatable bonds is 4. The Bertz CT molecular complexity index is 681. The molecule has 1 aromatic carbocycles. The van der Waals surface area contributed by atoms with Crippen LogP contribution >= 0.6 is 0 Å². The molecule has 0 spiro atoms. The lowest BCUT2D eigenvalue weighted by Crippen LogP contribution is -2.47. The van der Waals surface area contributed by atoms with Crippen molar-refractivity contribution < 1.29 is 13.9 Å². The second kappa shape index (κ2) is 7.28. The Hall–Kier alpha value is -1.46. The van der Waals surface area contributed by atoms with Gasteiger partial charge in [0.15, 0.2) is 0 Å². The fourth-order valence-electron chi connectivity index (χ4n) is 5.28. The van der Waals surface area contributed by atoms with Gasteiger partial charge in [-0.2, -0.15) is 0 Å². The van der Waals surface area contributed by atoms with Crippen LogP contribution in [0.5, 0.6) is 0 Å². The third-order valence-electron chi connectivity index (χ3n) is 6.57. The summed E-state index contributed by atoms with van der Waals surface area (Å²) in [5, 5.41) is 3.71. The van der Waals surface area contributed by atoms with E-state index in [0.29, 0.717) is 23.7 Å². The lowest BCUT2D eigenvalue weighted by molar-refractivity contribution is 0.0599. The standard InChI is InChI=1S/C21H29FN2O2/c1-3-18-10-19-15(8-14(9-20(19)22)21(25)26-2)12-24(18)11-13-6-16-4-5-17(7-13)23-16/h8-9,13,16-18,23H,3-7,10-12H2,1-2H3/t13?,16?,17?,18-/m0/s1. The second-order valence-corrected chi connectivity index (χ2v) is 8.26. The number of nitrogens with one attached hydrogen (secondary N) is 1. The van der Waals surface area contributed by atoms with Crippen LogP contribution in [0.1, 0.15) is 60.5 Å². The maximum atomic E-state index is 14.6. The quantitative estimate of drug-likeness (QED) is 0.837. The van der Waals surface area contributed by atoms with Crippen molar-refractivity contribution >= 4 is 5.97 Å². The summed E-state index contributed by atoms with van der Waals surface area (Å²) >= 11 is 0. The number of nitrogens with zero attached hydrogens (tertiary/aromatic N) is 1. The van der Waals surface area contributed by atoms with E-state index in [-0.39, 0.29) is 5.82 Å². The summed E-state index contributed by atoms with van der Waals surface area (Å²) < 4.78 is 19.4. The Morgan fingerprint density at radius 1 is 1.31 bits per heavy atom. The van der Waals surface area contributed by atoms with Crippen LogP contribution in [0.4, 0.5) is 4.39 Å². The third kappa shape index (κ3) is 3.39. The van der Waals surface area contributed by atoms with Gasteiger partial charge in [-0.15, -0.1) is 0 Å². The first-order valence-electron chi connectivity index (χ1n) is 9.97.